The Hall–Kier alpha value is -2.39. The number of benzene rings is 1. The van der Waals surface area contributed by atoms with Gasteiger partial charge >= 0.3 is 0 Å². The van der Waals surface area contributed by atoms with Crippen molar-refractivity contribution in [3.05, 3.63) is 34.1 Å². The Morgan fingerprint density at radius 1 is 1.26 bits per heavy atom. The van der Waals surface area contributed by atoms with Crippen molar-refractivity contribution in [1.82, 2.24) is 9.97 Å². The van der Waals surface area contributed by atoms with Gasteiger partial charge in [-0.15, -0.1) is 0 Å². The molecule has 0 unspecified atom stereocenters. The van der Waals surface area contributed by atoms with E-state index in [1.807, 2.05) is 18.2 Å². The molecule has 0 saturated heterocycles. The van der Waals surface area contributed by atoms with Gasteiger partial charge in [0.25, 0.3) is 5.56 Å². The Morgan fingerprint density at radius 3 is 2.57 bits per heavy atom. The third kappa shape index (κ3) is 2.57. The third-order valence-corrected chi connectivity index (χ3v) is 4.86. The van der Waals surface area contributed by atoms with Crippen molar-refractivity contribution in [2.45, 2.75) is 39.8 Å². The lowest BCUT2D eigenvalue weighted by Gasteiger charge is -2.30. The molecule has 0 spiro atoms. The molecule has 0 aliphatic carbocycles. The van der Waals surface area contributed by atoms with Crippen LogP contribution in [0, 0.1) is 11.3 Å². The van der Waals surface area contributed by atoms with E-state index in [4.69, 9.17) is 10.2 Å². The molecule has 6 heteroatoms. The summed E-state index contributed by atoms with van der Waals surface area (Å²) in [5.41, 5.74) is 1.30. The summed E-state index contributed by atoms with van der Waals surface area (Å²) in [7, 11) is 0. The first kappa shape index (κ1) is 15.5. The van der Waals surface area contributed by atoms with Crippen LogP contribution in [-0.4, -0.2) is 22.1 Å². The molecule has 0 aliphatic heterocycles. The number of rotatable bonds is 3. The van der Waals surface area contributed by atoms with Crippen LogP contribution in [0.3, 0.4) is 0 Å². The van der Waals surface area contributed by atoms with Crippen LogP contribution in [-0.2, 0) is 0 Å². The summed E-state index contributed by atoms with van der Waals surface area (Å²) < 4.78 is 1.05. The molecule has 3 aromatic rings. The number of anilines is 1. The van der Waals surface area contributed by atoms with Crippen LogP contribution in [0.1, 0.15) is 33.3 Å². The molecule has 2 aromatic heterocycles. The molecular formula is C17H18N4OS. The van der Waals surface area contributed by atoms with Crippen LogP contribution >= 0.6 is 11.3 Å². The molecule has 5 nitrogen and oxygen atoms in total. The zero-order valence-corrected chi connectivity index (χ0v) is 14.4. The second kappa shape index (κ2) is 5.67. The van der Waals surface area contributed by atoms with Gasteiger partial charge in [-0.3, -0.25) is 4.79 Å². The molecule has 23 heavy (non-hydrogen) atoms. The van der Waals surface area contributed by atoms with Crippen molar-refractivity contribution in [3.63, 3.8) is 0 Å². The Kier molecular flexibility index (Phi) is 3.82. The van der Waals surface area contributed by atoms with E-state index < -0.39 is 0 Å². The van der Waals surface area contributed by atoms with Gasteiger partial charge in [0.05, 0.1) is 15.7 Å². The number of H-pyrrole nitrogens is 1. The Morgan fingerprint density at radius 2 is 1.96 bits per heavy atom. The summed E-state index contributed by atoms with van der Waals surface area (Å²) in [6, 6.07) is 8.11. The lowest BCUT2D eigenvalue weighted by molar-refractivity contribution is 0.607. The SMILES string of the molecule is CC(C)N(c1nc2c(ccc3[nH]c(=O)c(C#N)cc32)s1)C(C)C. The third-order valence-electron chi connectivity index (χ3n) is 3.82. The molecule has 0 aliphatic rings. The van der Waals surface area contributed by atoms with E-state index in [0.717, 1.165) is 20.7 Å². The fourth-order valence-corrected chi connectivity index (χ4v) is 4.14. The number of hydrogen-bond donors (Lipinski definition) is 1. The molecule has 1 N–H and O–H groups in total. The highest BCUT2D eigenvalue weighted by molar-refractivity contribution is 7.22. The van der Waals surface area contributed by atoms with Gasteiger partial charge in [0.1, 0.15) is 11.6 Å². The number of aromatic amines is 1. The van der Waals surface area contributed by atoms with Crippen LogP contribution in [0.5, 0.6) is 0 Å². The number of thiazole rings is 1. The molecular weight excluding hydrogens is 308 g/mol. The summed E-state index contributed by atoms with van der Waals surface area (Å²) >= 11 is 1.63. The molecule has 3 rings (SSSR count). The average molecular weight is 326 g/mol. The number of hydrogen-bond acceptors (Lipinski definition) is 5. The standard InChI is InChI=1S/C17H18N4OS/c1-9(2)21(10(3)4)17-20-15-12-7-11(8-18)16(22)19-13(12)5-6-14(15)23-17/h5-7,9-10H,1-4H3,(H,19,22). The minimum atomic E-state index is -0.360. The van der Waals surface area contributed by atoms with Crippen LogP contribution in [0.4, 0.5) is 5.13 Å². The first-order valence-corrected chi connectivity index (χ1v) is 8.39. The van der Waals surface area contributed by atoms with Crippen LogP contribution in [0.15, 0.2) is 23.0 Å². The number of nitrogens with zero attached hydrogens (tertiary/aromatic N) is 3. The van der Waals surface area contributed by atoms with E-state index in [1.165, 1.54) is 0 Å². The van der Waals surface area contributed by atoms with Gasteiger partial charge in [-0.05, 0) is 45.9 Å². The first-order chi connectivity index (χ1) is 10.9. The molecule has 0 saturated carbocycles. The number of nitrogens with one attached hydrogen (secondary N) is 1. The largest absolute Gasteiger partial charge is 0.343 e. The maximum Gasteiger partial charge on any atom is 0.266 e. The summed E-state index contributed by atoms with van der Waals surface area (Å²) in [5, 5.41) is 10.9. The van der Waals surface area contributed by atoms with Gasteiger partial charge in [-0.1, -0.05) is 11.3 Å². The zero-order valence-electron chi connectivity index (χ0n) is 13.5. The number of pyridine rings is 1. The molecule has 118 valence electrons. The van der Waals surface area contributed by atoms with Crippen LogP contribution < -0.4 is 10.5 Å². The lowest BCUT2D eigenvalue weighted by Crippen LogP contribution is -2.36. The topological polar surface area (TPSA) is 72.8 Å². The van der Waals surface area contributed by atoms with Crippen LogP contribution in [0.2, 0.25) is 0 Å². The number of nitriles is 1. The fraction of sp³-hybridized carbons (Fsp3) is 0.353. The minimum absolute atomic E-state index is 0.115. The maximum atomic E-state index is 11.8. The predicted molar refractivity (Wildman–Crippen MR) is 95.2 cm³/mol. The second-order valence-electron chi connectivity index (χ2n) is 6.09. The van der Waals surface area contributed by atoms with E-state index in [9.17, 15) is 4.79 Å². The molecule has 2 heterocycles. The lowest BCUT2D eigenvalue weighted by atomic mass is 10.1. The molecule has 1 aromatic carbocycles. The normalized spacial score (nSPS) is 11.5. The smallest absolute Gasteiger partial charge is 0.266 e. The van der Waals surface area contributed by atoms with Crippen molar-refractivity contribution in [1.29, 1.82) is 5.26 Å². The van der Waals surface area contributed by atoms with E-state index in [2.05, 4.69) is 37.6 Å². The summed E-state index contributed by atoms with van der Waals surface area (Å²) in [6.07, 6.45) is 0. The zero-order chi connectivity index (χ0) is 16.7. The van der Waals surface area contributed by atoms with Gasteiger partial charge in [-0.25, -0.2) is 4.98 Å². The van der Waals surface area contributed by atoms with Gasteiger partial charge in [0.15, 0.2) is 5.13 Å². The molecule has 0 radical (unpaired) electrons. The van der Waals surface area contributed by atoms with Crippen LogP contribution in [0.25, 0.3) is 21.1 Å². The molecule has 0 atom stereocenters. The molecule has 0 amide bonds. The monoisotopic (exact) mass is 326 g/mol. The maximum absolute atomic E-state index is 11.8. The van der Waals surface area contributed by atoms with Gasteiger partial charge < -0.3 is 9.88 Å². The van der Waals surface area contributed by atoms with Crippen molar-refractivity contribution in [2.75, 3.05) is 4.90 Å². The highest BCUT2D eigenvalue weighted by Gasteiger charge is 2.19. The number of aromatic nitrogens is 2. The Labute approximate surface area is 138 Å². The van der Waals surface area contributed by atoms with E-state index in [0.29, 0.717) is 17.6 Å². The van der Waals surface area contributed by atoms with E-state index >= 15 is 0 Å². The quantitative estimate of drug-likeness (QED) is 0.797. The van der Waals surface area contributed by atoms with Gasteiger partial charge in [0, 0.05) is 17.5 Å². The van der Waals surface area contributed by atoms with Gasteiger partial charge in [-0.2, -0.15) is 5.26 Å². The molecule has 0 bridgehead atoms. The van der Waals surface area contributed by atoms with Crippen molar-refractivity contribution in [2.24, 2.45) is 0 Å². The fourth-order valence-electron chi connectivity index (χ4n) is 2.89. The molecule has 0 fully saturated rings. The predicted octanol–water partition coefficient (Wildman–Crippen LogP) is 3.63. The Bertz CT molecular complexity index is 970. The van der Waals surface area contributed by atoms with Gasteiger partial charge in [0.2, 0.25) is 0 Å². The van der Waals surface area contributed by atoms with E-state index in [1.54, 1.807) is 17.4 Å². The van der Waals surface area contributed by atoms with E-state index in [-0.39, 0.29) is 11.1 Å². The number of fused-ring (bicyclic) bond motifs is 3. The minimum Gasteiger partial charge on any atom is -0.343 e. The summed E-state index contributed by atoms with van der Waals surface area (Å²) in [4.78, 5) is 21.6. The highest BCUT2D eigenvalue weighted by atomic mass is 32.1. The first-order valence-electron chi connectivity index (χ1n) is 7.57. The van der Waals surface area contributed by atoms with Crippen molar-refractivity contribution < 1.29 is 0 Å². The average Bonchev–Trinajstić information content (AvgIpc) is 2.89. The Balaban J connectivity index is 2.29. The second-order valence-corrected chi connectivity index (χ2v) is 7.10. The highest BCUT2D eigenvalue weighted by Crippen LogP contribution is 2.34. The van der Waals surface area contributed by atoms with Crippen molar-refractivity contribution in [3.8, 4) is 6.07 Å². The summed E-state index contributed by atoms with van der Waals surface area (Å²) in [5.74, 6) is 0. The van der Waals surface area contributed by atoms with Crippen molar-refractivity contribution >= 4 is 37.6 Å². The summed E-state index contributed by atoms with van der Waals surface area (Å²) in [6.45, 7) is 8.59.